The van der Waals surface area contributed by atoms with Crippen LogP contribution >= 0.6 is 15.9 Å². The molecule has 7 nitrogen and oxygen atoms in total. The fraction of sp³-hybridized carbons (Fsp3) is 0.174. The average Bonchev–Trinajstić information content (AvgIpc) is 3.04. The maximum absolute atomic E-state index is 12.7. The molecule has 2 amide bonds. The van der Waals surface area contributed by atoms with Gasteiger partial charge in [-0.3, -0.25) is 4.79 Å². The van der Waals surface area contributed by atoms with Gasteiger partial charge < -0.3 is 20.4 Å². The molecule has 0 bridgehead atoms. The van der Waals surface area contributed by atoms with Crippen LogP contribution < -0.4 is 11.1 Å². The Morgan fingerprint density at radius 1 is 1.06 bits per heavy atom. The topological polar surface area (TPSA) is 103 Å². The molecule has 0 radical (unpaired) electrons. The third-order valence-corrected chi connectivity index (χ3v) is 5.28. The summed E-state index contributed by atoms with van der Waals surface area (Å²) in [4.78, 5) is 35.8. The van der Waals surface area contributed by atoms with E-state index in [4.69, 9.17) is 10.5 Å². The van der Waals surface area contributed by atoms with E-state index in [1.807, 2.05) is 42.7 Å². The number of nitrogens with zero attached hydrogens (tertiary/aromatic N) is 1. The molecule has 1 aromatic heterocycles. The number of Topliss-reactive ketones (excluding diaryl/α,β-unsaturated/α-hetero) is 1. The molecule has 0 atom stereocenters. The van der Waals surface area contributed by atoms with Crippen molar-refractivity contribution in [3.63, 3.8) is 0 Å². The summed E-state index contributed by atoms with van der Waals surface area (Å²) in [6, 6.07) is 15.5. The molecule has 0 spiro atoms. The third-order valence-electron chi connectivity index (χ3n) is 4.79. The van der Waals surface area contributed by atoms with Gasteiger partial charge in [0.1, 0.15) is 0 Å². The highest BCUT2D eigenvalue weighted by Crippen LogP contribution is 2.23. The van der Waals surface area contributed by atoms with E-state index in [0.29, 0.717) is 11.1 Å². The Morgan fingerprint density at radius 2 is 1.77 bits per heavy atom. The summed E-state index contributed by atoms with van der Waals surface area (Å²) in [7, 11) is 0. The first-order valence-corrected chi connectivity index (χ1v) is 10.3. The zero-order valence-corrected chi connectivity index (χ0v) is 18.7. The van der Waals surface area contributed by atoms with Gasteiger partial charge in [-0.2, -0.15) is 0 Å². The standard InChI is InChI=1S/C23H22BrN3O4/c1-14-10-20(15(2)27(14)19-5-3-4-18(24)11-19)21(28)13-31-22(29)17-8-6-16(7-9-17)12-26-23(25)30/h3-11H,12-13H2,1-2H3,(H3,25,26,30). The van der Waals surface area contributed by atoms with Gasteiger partial charge in [0.15, 0.2) is 6.61 Å². The number of nitrogens with one attached hydrogen (secondary N) is 1. The van der Waals surface area contributed by atoms with E-state index in [2.05, 4.69) is 21.2 Å². The zero-order chi connectivity index (χ0) is 22.5. The number of ketones is 1. The summed E-state index contributed by atoms with van der Waals surface area (Å²) in [5.41, 5.74) is 9.27. The second-order valence-electron chi connectivity index (χ2n) is 7.01. The maximum atomic E-state index is 12.7. The van der Waals surface area contributed by atoms with E-state index in [0.717, 1.165) is 27.1 Å². The molecule has 31 heavy (non-hydrogen) atoms. The first-order valence-electron chi connectivity index (χ1n) is 9.53. The molecule has 3 N–H and O–H groups in total. The number of ether oxygens (including phenoxy) is 1. The Labute approximate surface area is 188 Å². The highest BCUT2D eigenvalue weighted by atomic mass is 79.9. The molecule has 0 aliphatic rings. The van der Waals surface area contributed by atoms with Gasteiger partial charge >= 0.3 is 12.0 Å². The normalized spacial score (nSPS) is 10.5. The van der Waals surface area contributed by atoms with Gasteiger partial charge in [0.05, 0.1) is 5.56 Å². The number of halogens is 1. The van der Waals surface area contributed by atoms with E-state index in [-0.39, 0.29) is 18.9 Å². The number of primary amides is 1. The van der Waals surface area contributed by atoms with E-state index >= 15 is 0 Å². The molecule has 8 heteroatoms. The molecular weight excluding hydrogens is 462 g/mol. The number of amides is 2. The van der Waals surface area contributed by atoms with Crippen molar-refractivity contribution in [3.05, 3.63) is 87.1 Å². The van der Waals surface area contributed by atoms with Crippen molar-refractivity contribution >= 4 is 33.7 Å². The van der Waals surface area contributed by atoms with E-state index < -0.39 is 12.0 Å². The molecule has 1 heterocycles. The summed E-state index contributed by atoms with van der Waals surface area (Å²) in [5.74, 6) is -0.867. The molecule has 3 aromatic rings. The predicted octanol–water partition coefficient (Wildman–Crippen LogP) is 4.06. The van der Waals surface area contributed by atoms with E-state index in [9.17, 15) is 14.4 Å². The monoisotopic (exact) mass is 483 g/mol. The van der Waals surface area contributed by atoms with Crippen LogP contribution in [0.5, 0.6) is 0 Å². The van der Waals surface area contributed by atoms with Crippen molar-refractivity contribution < 1.29 is 19.1 Å². The van der Waals surface area contributed by atoms with Gasteiger partial charge in [-0.25, -0.2) is 9.59 Å². The van der Waals surface area contributed by atoms with Gasteiger partial charge in [0.2, 0.25) is 5.78 Å². The molecular formula is C23H22BrN3O4. The molecule has 0 unspecified atom stereocenters. The number of esters is 1. The van der Waals surface area contributed by atoms with Crippen LogP contribution in [0.3, 0.4) is 0 Å². The van der Waals surface area contributed by atoms with Crippen LogP contribution in [-0.4, -0.2) is 29.0 Å². The smallest absolute Gasteiger partial charge is 0.338 e. The van der Waals surface area contributed by atoms with Crippen LogP contribution in [0, 0.1) is 13.8 Å². The van der Waals surface area contributed by atoms with Crippen molar-refractivity contribution in [2.45, 2.75) is 20.4 Å². The van der Waals surface area contributed by atoms with Gasteiger partial charge in [-0.15, -0.1) is 0 Å². The fourth-order valence-electron chi connectivity index (χ4n) is 3.30. The Hall–Kier alpha value is -3.39. The summed E-state index contributed by atoms with van der Waals surface area (Å²) in [5, 5.41) is 2.47. The van der Waals surface area contributed by atoms with Crippen LogP contribution in [0.2, 0.25) is 0 Å². The Balaban J connectivity index is 1.66. The van der Waals surface area contributed by atoms with Gasteiger partial charge in [0, 0.05) is 33.7 Å². The van der Waals surface area contributed by atoms with Crippen LogP contribution in [0.1, 0.15) is 37.7 Å². The largest absolute Gasteiger partial charge is 0.454 e. The highest BCUT2D eigenvalue weighted by molar-refractivity contribution is 9.10. The Bertz CT molecular complexity index is 1140. The minimum Gasteiger partial charge on any atom is -0.454 e. The Morgan fingerprint density at radius 3 is 2.42 bits per heavy atom. The summed E-state index contributed by atoms with van der Waals surface area (Å²) >= 11 is 3.46. The van der Waals surface area contributed by atoms with E-state index in [1.165, 1.54) is 0 Å². The number of aryl methyl sites for hydroxylation is 1. The van der Waals surface area contributed by atoms with Crippen molar-refractivity contribution in [1.82, 2.24) is 9.88 Å². The quantitative estimate of drug-likeness (QED) is 0.390. The van der Waals surface area contributed by atoms with Crippen molar-refractivity contribution in [2.75, 3.05) is 6.61 Å². The zero-order valence-electron chi connectivity index (χ0n) is 17.1. The number of carbonyl (C=O) groups is 3. The number of hydrogen-bond donors (Lipinski definition) is 2. The number of nitrogens with two attached hydrogens (primary N) is 1. The predicted molar refractivity (Wildman–Crippen MR) is 120 cm³/mol. The van der Waals surface area contributed by atoms with Crippen LogP contribution in [-0.2, 0) is 11.3 Å². The van der Waals surface area contributed by atoms with Crippen molar-refractivity contribution in [2.24, 2.45) is 5.73 Å². The Kier molecular flexibility index (Phi) is 6.91. The second-order valence-corrected chi connectivity index (χ2v) is 7.93. The molecule has 0 fully saturated rings. The third kappa shape index (κ3) is 5.40. The van der Waals surface area contributed by atoms with Gasteiger partial charge in [-0.05, 0) is 55.8 Å². The average molecular weight is 484 g/mol. The molecule has 3 rings (SSSR count). The number of benzene rings is 2. The van der Waals surface area contributed by atoms with Crippen molar-refractivity contribution in [3.8, 4) is 5.69 Å². The lowest BCUT2D eigenvalue weighted by atomic mass is 10.1. The van der Waals surface area contributed by atoms with Crippen LogP contribution in [0.4, 0.5) is 4.79 Å². The van der Waals surface area contributed by atoms with E-state index in [1.54, 1.807) is 30.3 Å². The first-order chi connectivity index (χ1) is 14.8. The number of carbonyl (C=O) groups excluding carboxylic acids is 3. The maximum Gasteiger partial charge on any atom is 0.338 e. The van der Waals surface area contributed by atoms with Gasteiger partial charge in [0.25, 0.3) is 0 Å². The second kappa shape index (κ2) is 9.61. The molecule has 0 aliphatic heterocycles. The number of aromatic nitrogens is 1. The molecule has 160 valence electrons. The van der Waals surface area contributed by atoms with Crippen LogP contribution in [0.25, 0.3) is 5.69 Å². The van der Waals surface area contributed by atoms with Gasteiger partial charge in [-0.1, -0.05) is 34.1 Å². The molecule has 2 aromatic carbocycles. The molecule has 0 aliphatic carbocycles. The highest BCUT2D eigenvalue weighted by Gasteiger charge is 2.19. The molecule has 0 saturated heterocycles. The lowest BCUT2D eigenvalue weighted by Crippen LogP contribution is -2.28. The minimum atomic E-state index is -0.624. The number of hydrogen-bond acceptors (Lipinski definition) is 4. The number of urea groups is 1. The molecule has 0 saturated carbocycles. The lowest BCUT2D eigenvalue weighted by molar-refractivity contribution is 0.0474. The number of rotatable bonds is 7. The SMILES string of the molecule is Cc1cc(C(=O)COC(=O)c2ccc(CNC(N)=O)cc2)c(C)n1-c1cccc(Br)c1. The summed E-state index contributed by atoms with van der Waals surface area (Å²) in [6.45, 7) is 3.69. The fourth-order valence-corrected chi connectivity index (χ4v) is 3.68. The summed E-state index contributed by atoms with van der Waals surface area (Å²) in [6.07, 6.45) is 0. The summed E-state index contributed by atoms with van der Waals surface area (Å²) < 4.78 is 8.14. The lowest BCUT2D eigenvalue weighted by Gasteiger charge is -2.10. The first kappa shape index (κ1) is 22.3. The van der Waals surface area contributed by atoms with Crippen LogP contribution in [0.15, 0.2) is 59.1 Å². The van der Waals surface area contributed by atoms with Crippen molar-refractivity contribution in [1.29, 1.82) is 0 Å². The minimum absolute atomic E-state index is 0.261.